The van der Waals surface area contributed by atoms with E-state index in [-0.39, 0.29) is 5.97 Å². The highest BCUT2D eigenvalue weighted by atomic mass is 16.6. The van der Waals surface area contributed by atoms with Crippen LogP contribution >= 0.6 is 0 Å². The van der Waals surface area contributed by atoms with Crippen molar-refractivity contribution in [1.29, 1.82) is 0 Å². The van der Waals surface area contributed by atoms with Crippen LogP contribution in [0.5, 0.6) is 0 Å². The molecule has 2 aromatic carbocycles. The Balaban J connectivity index is 1.81. The Kier molecular flexibility index (Phi) is 2.08. The number of benzene rings is 2. The second kappa shape index (κ2) is 3.72. The maximum absolute atomic E-state index is 12.9. The third-order valence-corrected chi connectivity index (χ3v) is 5.71. The summed E-state index contributed by atoms with van der Waals surface area (Å²) >= 11 is 0. The summed E-state index contributed by atoms with van der Waals surface area (Å²) in [6.45, 7) is 2.07. The van der Waals surface area contributed by atoms with Gasteiger partial charge in [-0.25, -0.2) is 4.79 Å². The minimum absolute atomic E-state index is 0.103. The lowest BCUT2D eigenvalue weighted by Gasteiger charge is -2.41. The van der Waals surface area contributed by atoms with Crippen LogP contribution in [-0.4, -0.2) is 11.7 Å². The van der Waals surface area contributed by atoms with Gasteiger partial charge in [0.1, 0.15) is 0 Å². The van der Waals surface area contributed by atoms with Crippen molar-refractivity contribution < 1.29 is 9.53 Å². The Labute approximate surface area is 129 Å². The van der Waals surface area contributed by atoms with E-state index >= 15 is 0 Å². The van der Waals surface area contributed by atoms with Crippen LogP contribution in [0, 0.1) is 5.92 Å². The molecule has 0 N–H and O–H groups in total. The molecule has 2 fully saturated rings. The quantitative estimate of drug-likeness (QED) is 0.755. The third kappa shape index (κ3) is 1.18. The molecule has 0 saturated carbocycles. The van der Waals surface area contributed by atoms with Crippen LogP contribution in [0.4, 0.5) is 5.69 Å². The highest BCUT2D eigenvalue weighted by Crippen LogP contribution is 2.63. The molecule has 0 aromatic heterocycles. The molecule has 0 aliphatic carbocycles. The zero-order chi connectivity index (χ0) is 14.9. The van der Waals surface area contributed by atoms with E-state index in [1.165, 1.54) is 5.56 Å². The number of anilines is 1. The largest absolute Gasteiger partial charge is 0.437 e. The van der Waals surface area contributed by atoms with E-state index in [2.05, 4.69) is 42.2 Å². The van der Waals surface area contributed by atoms with Gasteiger partial charge in [0, 0.05) is 11.6 Å². The smallest absolute Gasteiger partial charge is 0.338 e. The summed E-state index contributed by atoms with van der Waals surface area (Å²) < 4.78 is 5.92. The van der Waals surface area contributed by atoms with E-state index < -0.39 is 11.3 Å². The van der Waals surface area contributed by atoms with Gasteiger partial charge in [0.05, 0.1) is 0 Å². The van der Waals surface area contributed by atoms with Crippen LogP contribution in [0.25, 0.3) is 0 Å². The molecule has 3 aliphatic heterocycles. The Morgan fingerprint density at radius 2 is 1.82 bits per heavy atom. The SMILES string of the molecule is CC12OC(=O)C3(c4ccccc4)CC1Cc1ccccc1N32. The molecule has 3 heterocycles. The fourth-order valence-electron chi connectivity index (χ4n) is 4.73. The second-order valence-corrected chi connectivity index (χ2v) is 6.74. The summed E-state index contributed by atoms with van der Waals surface area (Å²) in [5.41, 5.74) is 2.34. The topological polar surface area (TPSA) is 29.5 Å². The van der Waals surface area contributed by atoms with Crippen LogP contribution in [0.15, 0.2) is 54.6 Å². The lowest BCUT2D eigenvalue weighted by atomic mass is 9.81. The van der Waals surface area contributed by atoms with E-state index in [1.54, 1.807) is 0 Å². The molecule has 5 rings (SSSR count). The lowest BCUT2D eigenvalue weighted by Crippen LogP contribution is -2.49. The predicted octanol–water partition coefficient (Wildman–Crippen LogP) is 3.24. The van der Waals surface area contributed by atoms with Gasteiger partial charge in [0.15, 0.2) is 11.3 Å². The van der Waals surface area contributed by atoms with Crippen molar-refractivity contribution in [3.05, 3.63) is 65.7 Å². The predicted molar refractivity (Wildman–Crippen MR) is 83.3 cm³/mol. The molecule has 3 nitrogen and oxygen atoms in total. The monoisotopic (exact) mass is 291 g/mol. The number of fused-ring (bicyclic) bond motifs is 1. The molecule has 110 valence electrons. The maximum Gasteiger partial charge on any atom is 0.338 e. The molecule has 0 amide bonds. The van der Waals surface area contributed by atoms with E-state index in [0.717, 1.165) is 24.1 Å². The Hall–Kier alpha value is -2.29. The summed E-state index contributed by atoms with van der Waals surface area (Å²) in [5, 5.41) is 0. The average molecular weight is 291 g/mol. The molecule has 22 heavy (non-hydrogen) atoms. The molecular weight excluding hydrogens is 274 g/mol. The van der Waals surface area contributed by atoms with Crippen LogP contribution in [0.3, 0.4) is 0 Å². The fraction of sp³-hybridized carbons (Fsp3) is 0.316. The molecule has 3 aliphatic rings. The van der Waals surface area contributed by atoms with Crippen LogP contribution in [0.2, 0.25) is 0 Å². The van der Waals surface area contributed by atoms with E-state index in [0.29, 0.717) is 5.92 Å². The summed E-state index contributed by atoms with van der Waals surface area (Å²) in [5.74, 6) is 0.245. The van der Waals surface area contributed by atoms with Gasteiger partial charge in [0.2, 0.25) is 0 Å². The molecule has 3 atom stereocenters. The minimum Gasteiger partial charge on any atom is -0.437 e. The normalized spacial score (nSPS) is 34.5. The first-order chi connectivity index (χ1) is 10.7. The molecule has 4 bridgehead atoms. The number of carbonyl (C=O) groups excluding carboxylic acids is 1. The van der Waals surface area contributed by atoms with Crippen molar-refractivity contribution in [2.24, 2.45) is 5.92 Å². The van der Waals surface area contributed by atoms with Crippen molar-refractivity contribution >= 4 is 11.7 Å². The van der Waals surface area contributed by atoms with Gasteiger partial charge >= 0.3 is 5.97 Å². The third-order valence-electron chi connectivity index (χ3n) is 5.71. The number of hydrogen-bond acceptors (Lipinski definition) is 3. The van der Waals surface area contributed by atoms with Crippen molar-refractivity contribution in [2.45, 2.75) is 31.0 Å². The molecule has 3 unspecified atom stereocenters. The Bertz CT molecular complexity index is 787. The first-order valence-corrected chi connectivity index (χ1v) is 7.83. The molecule has 0 radical (unpaired) electrons. The molecule has 2 saturated heterocycles. The number of ether oxygens (including phenoxy) is 1. The first-order valence-electron chi connectivity index (χ1n) is 7.83. The van der Waals surface area contributed by atoms with Gasteiger partial charge in [-0.3, -0.25) is 0 Å². The summed E-state index contributed by atoms with van der Waals surface area (Å²) in [4.78, 5) is 15.1. The van der Waals surface area contributed by atoms with Crippen LogP contribution < -0.4 is 4.90 Å². The number of carbonyl (C=O) groups is 1. The number of nitrogens with zero attached hydrogens (tertiary/aromatic N) is 1. The number of hydrogen-bond donors (Lipinski definition) is 0. The van der Waals surface area contributed by atoms with Crippen LogP contribution in [0.1, 0.15) is 24.5 Å². The Morgan fingerprint density at radius 1 is 1.09 bits per heavy atom. The molecule has 0 spiro atoms. The zero-order valence-corrected chi connectivity index (χ0v) is 12.5. The first kappa shape index (κ1) is 12.3. The molecule has 2 aromatic rings. The van der Waals surface area contributed by atoms with Gasteiger partial charge < -0.3 is 9.64 Å². The van der Waals surface area contributed by atoms with Gasteiger partial charge in [-0.05, 0) is 37.0 Å². The van der Waals surface area contributed by atoms with Crippen LogP contribution in [-0.2, 0) is 21.5 Å². The number of para-hydroxylation sites is 1. The van der Waals surface area contributed by atoms with E-state index in [4.69, 9.17) is 4.74 Å². The Morgan fingerprint density at radius 3 is 2.64 bits per heavy atom. The fourth-order valence-corrected chi connectivity index (χ4v) is 4.73. The van der Waals surface area contributed by atoms with E-state index in [1.807, 2.05) is 24.3 Å². The summed E-state index contributed by atoms with van der Waals surface area (Å²) in [7, 11) is 0. The average Bonchev–Trinajstić information content (AvgIpc) is 2.84. The minimum atomic E-state index is -0.659. The standard InChI is InChI=1S/C19H17NO2/c1-18-15-11-13-7-5-6-10-16(13)20(18)19(12-15,17(21)22-18)14-8-3-2-4-9-14/h2-10,15H,11-12H2,1H3. The zero-order valence-electron chi connectivity index (χ0n) is 12.5. The van der Waals surface area contributed by atoms with Crippen molar-refractivity contribution in [3.63, 3.8) is 0 Å². The second-order valence-electron chi connectivity index (χ2n) is 6.74. The van der Waals surface area contributed by atoms with Gasteiger partial charge in [0.25, 0.3) is 0 Å². The highest BCUT2D eigenvalue weighted by Gasteiger charge is 2.72. The van der Waals surface area contributed by atoms with Gasteiger partial charge in [-0.15, -0.1) is 0 Å². The molecule has 3 heteroatoms. The number of esters is 1. The van der Waals surface area contributed by atoms with Crippen molar-refractivity contribution in [3.8, 4) is 0 Å². The number of rotatable bonds is 1. The molecular formula is C19H17NO2. The van der Waals surface area contributed by atoms with Gasteiger partial charge in [-0.2, -0.15) is 0 Å². The van der Waals surface area contributed by atoms with Crippen molar-refractivity contribution in [2.75, 3.05) is 4.90 Å². The van der Waals surface area contributed by atoms with Crippen molar-refractivity contribution in [1.82, 2.24) is 0 Å². The maximum atomic E-state index is 12.9. The lowest BCUT2D eigenvalue weighted by molar-refractivity contribution is -0.161. The van der Waals surface area contributed by atoms with Gasteiger partial charge in [-0.1, -0.05) is 48.5 Å². The summed E-state index contributed by atoms with van der Waals surface area (Å²) in [6, 6.07) is 18.5. The highest BCUT2D eigenvalue weighted by molar-refractivity contribution is 5.94. The van der Waals surface area contributed by atoms with E-state index in [9.17, 15) is 4.79 Å². The summed E-state index contributed by atoms with van der Waals surface area (Å²) in [6.07, 6.45) is 1.81.